The Bertz CT molecular complexity index is 759. The third-order valence-corrected chi connectivity index (χ3v) is 3.12. The van der Waals surface area contributed by atoms with Gasteiger partial charge in [0, 0.05) is 28.3 Å². The van der Waals surface area contributed by atoms with Gasteiger partial charge in [-0.3, -0.25) is 14.9 Å². The zero-order valence-electron chi connectivity index (χ0n) is 11.6. The van der Waals surface area contributed by atoms with Crippen molar-refractivity contribution in [3.05, 3.63) is 74.8 Å². The fraction of sp³-hybridized carbons (Fsp3) is 0.0667. The van der Waals surface area contributed by atoms with Crippen LogP contribution in [0.2, 0.25) is 5.02 Å². The molecule has 0 aliphatic rings. The lowest BCUT2D eigenvalue weighted by Gasteiger charge is -2.03. The lowest BCUT2D eigenvalue weighted by Crippen LogP contribution is -2.19. The topological polar surface area (TPSA) is 84.6 Å². The van der Waals surface area contributed by atoms with Crippen LogP contribution in [0.4, 0.5) is 5.69 Å². The third kappa shape index (κ3) is 3.89. The molecule has 2 rings (SSSR count). The molecular formula is C15H12ClN3O3. The summed E-state index contributed by atoms with van der Waals surface area (Å²) in [5.41, 5.74) is 3.75. The van der Waals surface area contributed by atoms with E-state index in [1.807, 2.05) is 0 Å². The number of amides is 1. The standard InChI is InChI=1S/C15H12ClN3O3/c1-10(11-4-3-7-14(9-11)19(21)22)17-18-15(20)12-5-2-6-13(16)8-12/h2-9H,1H3,(H,18,20)/b17-10+. The Hall–Kier alpha value is -2.73. The first-order valence-electron chi connectivity index (χ1n) is 6.32. The van der Waals surface area contributed by atoms with Gasteiger partial charge in [0.05, 0.1) is 10.6 Å². The summed E-state index contributed by atoms with van der Waals surface area (Å²) < 4.78 is 0. The maximum Gasteiger partial charge on any atom is 0.271 e. The van der Waals surface area contributed by atoms with Crippen molar-refractivity contribution in [2.75, 3.05) is 0 Å². The molecule has 0 bridgehead atoms. The Labute approximate surface area is 131 Å². The first-order valence-corrected chi connectivity index (χ1v) is 6.70. The van der Waals surface area contributed by atoms with Crippen molar-refractivity contribution < 1.29 is 9.72 Å². The molecule has 6 nitrogen and oxygen atoms in total. The molecule has 2 aromatic carbocycles. The second-order valence-corrected chi connectivity index (χ2v) is 4.89. The highest BCUT2D eigenvalue weighted by Gasteiger charge is 2.08. The molecule has 0 saturated carbocycles. The van der Waals surface area contributed by atoms with E-state index in [9.17, 15) is 14.9 Å². The molecular weight excluding hydrogens is 306 g/mol. The van der Waals surface area contributed by atoms with Crippen molar-refractivity contribution in [1.29, 1.82) is 0 Å². The van der Waals surface area contributed by atoms with E-state index in [0.717, 1.165) is 0 Å². The molecule has 0 atom stereocenters. The van der Waals surface area contributed by atoms with Crippen molar-refractivity contribution in [2.45, 2.75) is 6.92 Å². The van der Waals surface area contributed by atoms with Gasteiger partial charge in [-0.1, -0.05) is 29.8 Å². The number of hydrogen-bond acceptors (Lipinski definition) is 4. The third-order valence-electron chi connectivity index (χ3n) is 2.89. The van der Waals surface area contributed by atoms with E-state index in [4.69, 9.17) is 11.6 Å². The van der Waals surface area contributed by atoms with E-state index in [0.29, 0.717) is 21.9 Å². The number of nitro benzene ring substituents is 1. The minimum absolute atomic E-state index is 0.0341. The average molecular weight is 318 g/mol. The van der Waals surface area contributed by atoms with Crippen LogP contribution >= 0.6 is 11.6 Å². The Balaban J connectivity index is 2.14. The Morgan fingerprint density at radius 1 is 1.18 bits per heavy atom. The highest BCUT2D eigenvalue weighted by atomic mass is 35.5. The number of benzene rings is 2. The Morgan fingerprint density at radius 2 is 1.86 bits per heavy atom. The lowest BCUT2D eigenvalue weighted by molar-refractivity contribution is -0.384. The summed E-state index contributed by atoms with van der Waals surface area (Å²) in [6, 6.07) is 12.5. The SMILES string of the molecule is C/C(=N\NC(=O)c1cccc(Cl)c1)c1cccc([N+](=O)[O-])c1. The molecule has 0 heterocycles. The zero-order valence-corrected chi connectivity index (χ0v) is 12.4. The van der Waals surface area contributed by atoms with Gasteiger partial charge in [0.1, 0.15) is 0 Å². The largest absolute Gasteiger partial charge is 0.271 e. The minimum Gasteiger partial charge on any atom is -0.267 e. The molecule has 112 valence electrons. The molecule has 22 heavy (non-hydrogen) atoms. The Kier molecular flexibility index (Phi) is 4.85. The molecule has 0 spiro atoms. The summed E-state index contributed by atoms with van der Waals surface area (Å²) in [5, 5.41) is 15.1. The Morgan fingerprint density at radius 3 is 2.55 bits per heavy atom. The second kappa shape index (κ2) is 6.82. The predicted octanol–water partition coefficient (Wildman–Crippen LogP) is 3.40. The second-order valence-electron chi connectivity index (χ2n) is 4.46. The van der Waals surface area contributed by atoms with Gasteiger partial charge in [-0.2, -0.15) is 5.10 Å². The number of hydrogen-bond donors (Lipinski definition) is 1. The molecule has 0 saturated heterocycles. The predicted molar refractivity (Wildman–Crippen MR) is 84.2 cm³/mol. The molecule has 1 amide bonds. The minimum atomic E-state index is -0.485. The van der Waals surface area contributed by atoms with Crippen LogP contribution < -0.4 is 5.43 Å². The maximum absolute atomic E-state index is 11.9. The van der Waals surface area contributed by atoms with Crippen LogP contribution in [0.15, 0.2) is 53.6 Å². The summed E-state index contributed by atoms with van der Waals surface area (Å²) in [7, 11) is 0. The van der Waals surface area contributed by atoms with E-state index in [1.54, 1.807) is 37.3 Å². The van der Waals surface area contributed by atoms with Gasteiger partial charge in [0.15, 0.2) is 0 Å². The van der Waals surface area contributed by atoms with Crippen LogP contribution in [0.3, 0.4) is 0 Å². The van der Waals surface area contributed by atoms with Gasteiger partial charge in [0.2, 0.25) is 0 Å². The quantitative estimate of drug-likeness (QED) is 0.533. The van der Waals surface area contributed by atoms with Gasteiger partial charge in [0.25, 0.3) is 11.6 Å². The maximum atomic E-state index is 11.9. The van der Waals surface area contributed by atoms with E-state index >= 15 is 0 Å². The molecule has 0 aliphatic heterocycles. The number of carbonyl (C=O) groups excluding carboxylic acids is 1. The molecule has 0 fully saturated rings. The molecule has 0 aliphatic carbocycles. The number of non-ortho nitro benzene ring substituents is 1. The number of nitro groups is 1. The van der Waals surface area contributed by atoms with Gasteiger partial charge in [-0.05, 0) is 25.1 Å². The van der Waals surface area contributed by atoms with Crippen molar-refractivity contribution in [1.82, 2.24) is 5.43 Å². The number of carbonyl (C=O) groups is 1. The van der Waals surface area contributed by atoms with Crippen LogP contribution in [-0.4, -0.2) is 16.5 Å². The molecule has 7 heteroatoms. The number of nitrogens with zero attached hydrogens (tertiary/aromatic N) is 2. The number of nitrogens with one attached hydrogen (secondary N) is 1. The van der Waals surface area contributed by atoms with Crippen LogP contribution in [0.25, 0.3) is 0 Å². The van der Waals surface area contributed by atoms with Crippen molar-refractivity contribution in [2.24, 2.45) is 5.10 Å². The molecule has 0 unspecified atom stereocenters. The van der Waals surface area contributed by atoms with E-state index < -0.39 is 10.8 Å². The first kappa shape index (κ1) is 15.7. The fourth-order valence-electron chi connectivity index (χ4n) is 1.74. The van der Waals surface area contributed by atoms with Gasteiger partial charge >= 0.3 is 0 Å². The van der Waals surface area contributed by atoms with Crippen LogP contribution in [0, 0.1) is 10.1 Å². The molecule has 2 aromatic rings. The smallest absolute Gasteiger partial charge is 0.267 e. The van der Waals surface area contributed by atoms with Crippen molar-refractivity contribution in [3.63, 3.8) is 0 Å². The molecule has 0 aromatic heterocycles. The molecule has 1 N–H and O–H groups in total. The normalized spacial score (nSPS) is 11.1. The fourth-order valence-corrected chi connectivity index (χ4v) is 1.93. The summed E-state index contributed by atoms with van der Waals surface area (Å²) in [4.78, 5) is 22.2. The zero-order chi connectivity index (χ0) is 16.1. The molecule has 0 radical (unpaired) electrons. The van der Waals surface area contributed by atoms with Gasteiger partial charge in [-0.25, -0.2) is 5.43 Å². The summed E-state index contributed by atoms with van der Waals surface area (Å²) in [6.07, 6.45) is 0. The number of hydrazone groups is 1. The highest BCUT2D eigenvalue weighted by molar-refractivity contribution is 6.30. The lowest BCUT2D eigenvalue weighted by atomic mass is 10.1. The number of rotatable bonds is 4. The summed E-state index contributed by atoms with van der Waals surface area (Å²) in [6.45, 7) is 1.65. The summed E-state index contributed by atoms with van der Waals surface area (Å²) in [5.74, 6) is -0.410. The van der Waals surface area contributed by atoms with Crippen molar-refractivity contribution >= 4 is 28.9 Å². The van der Waals surface area contributed by atoms with E-state index in [2.05, 4.69) is 10.5 Å². The average Bonchev–Trinajstić information content (AvgIpc) is 2.52. The van der Waals surface area contributed by atoms with Gasteiger partial charge < -0.3 is 0 Å². The highest BCUT2D eigenvalue weighted by Crippen LogP contribution is 2.14. The van der Waals surface area contributed by atoms with Crippen molar-refractivity contribution in [3.8, 4) is 0 Å². The van der Waals surface area contributed by atoms with Crippen LogP contribution in [0.1, 0.15) is 22.8 Å². The van der Waals surface area contributed by atoms with E-state index in [-0.39, 0.29) is 5.69 Å². The monoisotopic (exact) mass is 317 g/mol. The number of halogens is 1. The van der Waals surface area contributed by atoms with Crippen LogP contribution in [0.5, 0.6) is 0 Å². The van der Waals surface area contributed by atoms with Gasteiger partial charge in [-0.15, -0.1) is 0 Å². The summed E-state index contributed by atoms with van der Waals surface area (Å²) >= 11 is 5.81. The first-order chi connectivity index (χ1) is 10.5. The van der Waals surface area contributed by atoms with E-state index in [1.165, 1.54) is 18.2 Å². The van der Waals surface area contributed by atoms with Crippen LogP contribution in [-0.2, 0) is 0 Å².